The van der Waals surface area contributed by atoms with Crippen LogP contribution in [0, 0.1) is 20.8 Å². The van der Waals surface area contributed by atoms with Gasteiger partial charge >= 0.3 is 10.1 Å². The van der Waals surface area contributed by atoms with E-state index in [1.807, 2.05) is 45.0 Å². The summed E-state index contributed by atoms with van der Waals surface area (Å²) in [7, 11) is -3.57. The lowest BCUT2D eigenvalue weighted by Crippen LogP contribution is -2.26. The fourth-order valence-corrected chi connectivity index (χ4v) is 4.26. The van der Waals surface area contributed by atoms with Gasteiger partial charge in [-0.25, -0.2) is 0 Å². The summed E-state index contributed by atoms with van der Waals surface area (Å²) >= 11 is 0. The molecule has 0 bridgehead atoms. The van der Waals surface area contributed by atoms with Gasteiger partial charge in [0.2, 0.25) is 0 Å². The topological polar surface area (TPSA) is 63.6 Å². The Labute approximate surface area is 157 Å². The van der Waals surface area contributed by atoms with Gasteiger partial charge < -0.3 is 9.29 Å². The average molecular weight is 377 g/mol. The van der Waals surface area contributed by atoms with Crippen molar-refractivity contribution >= 4 is 10.1 Å². The van der Waals surface area contributed by atoms with Crippen LogP contribution in [-0.2, 0) is 15.5 Å². The van der Waals surface area contributed by atoms with Crippen LogP contribution >= 0.6 is 0 Å². The second kappa shape index (κ2) is 7.31. The molecule has 1 N–H and O–H groups in total. The summed E-state index contributed by atoms with van der Waals surface area (Å²) in [5.74, 6) is 0.693. The van der Waals surface area contributed by atoms with E-state index in [2.05, 4.69) is 13.8 Å². The van der Waals surface area contributed by atoms with Crippen LogP contribution in [0.15, 0.2) is 30.3 Å². The van der Waals surface area contributed by atoms with Crippen LogP contribution in [0.5, 0.6) is 11.5 Å². The Bertz CT molecular complexity index is 887. The Morgan fingerprint density at radius 1 is 0.923 bits per heavy atom. The highest BCUT2D eigenvalue weighted by atomic mass is 32.2. The molecule has 0 fully saturated rings. The molecule has 2 aromatic rings. The van der Waals surface area contributed by atoms with Crippen molar-refractivity contribution < 1.29 is 17.7 Å². The molecule has 0 aliphatic carbocycles. The minimum Gasteiger partial charge on any atom is -0.508 e. The van der Waals surface area contributed by atoms with Gasteiger partial charge in [-0.1, -0.05) is 38.1 Å². The van der Waals surface area contributed by atoms with Gasteiger partial charge in [-0.3, -0.25) is 0 Å². The first kappa shape index (κ1) is 20.3. The molecule has 0 amide bonds. The number of aryl methyl sites for hydroxylation is 3. The van der Waals surface area contributed by atoms with E-state index in [0.29, 0.717) is 11.5 Å². The minimum absolute atomic E-state index is 0.211. The Hall–Kier alpha value is -2.01. The fourth-order valence-electron chi connectivity index (χ4n) is 3.70. The zero-order valence-electron chi connectivity index (χ0n) is 16.4. The van der Waals surface area contributed by atoms with Crippen molar-refractivity contribution in [2.75, 3.05) is 6.26 Å². The van der Waals surface area contributed by atoms with Gasteiger partial charge in [-0.15, -0.1) is 0 Å². The highest BCUT2D eigenvalue weighted by Crippen LogP contribution is 2.42. The van der Waals surface area contributed by atoms with Gasteiger partial charge in [0, 0.05) is 5.41 Å². The molecule has 142 valence electrons. The maximum atomic E-state index is 11.5. The number of aromatic hydroxyl groups is 1. The molecule has 26 heavy (non-hydrogen) atoms. The molecule has 5 heteroatoms. The van der Waals surface area contributed by atoms with Crippen LogP contribution in [0.2, 0.25) is 0 Å². The van der Waals surface area contributed by atoms with Gasteiger partial charge in [0.25, 0.3) is 0 Å². The molecule has 0 heterocycles. The van der Waals surface area contributed by atoms with Crippen molar-refractivity contribution in [1.82, 2.24) is 0 Å². The van der Waals surface area contributed by atoms with E-state index >= 15 is 0 Å². The van der Waals surface area contributed by atoms with Crippen LogP contribution in [0.1, 0.15) is 54.5 Å². The lowest BCUT2D eigenvalue weighted by atomic mass is 9.69. The van der Waals surface area contributed by atoms with E-state index in [4.69, 9.17) is 4.18 Å². The number of phenolic OH excluding ortho intramolecular Hbond substituents is 1. The summed E-state index contributed by atoms with van der Waals surface area (Å²) < 4.78 is 28.3. The maximum Gasteiger partial charge on any atom is 0.306 e. The molecular weight excluding hydrogens is 348 g/mol. The molecular formula is C21H28O4S. The van der Waals surface area contributed by atoms with Crippen molar-refractivity contribution in [3.05, 3.63) is 58.1 Å². The lowest BCUT2D eigenvalue weighted by molar-refractivity contribution is 0.460. The number of hydrogen-bond donors (Lipinski definition) is 1. The first-order valence-corrected chi connectivity index (χ1v) is 10.7. The molecule has 2 rings (SSSR count). The summed E-state index contributed by atoms with van der Waals surface area (Å²) in [5.41, 5.74) is 4.51. The third kappa shape index (κ3) is 3.88. The van der Waals surface area contributed by atoms with Crippen molar-refractivity contribution in [1.29, 1.82) is 0 Å². The van der Waals surface area contributed by atoms with Crippen LogP contribution < -0.4 is 4.18 Å². The number of hydrogen-bond acceptors (Lipinski definition) is 4. The molecule has 0 radical (unpaired) electrons. The van der Waals surface area contributed by atoms with E-state index in [0.717, 1.165) is 46.9 Å². The monoisotopic (exact) mass is 376 g/mol. The Morgan fingerprint density at radius 3 is 1.85 bits per heavy atom. The molecule has 0 aliphatic heterocycles. The molecule has 2 aromatic carbocycles. The van der Waals surface area contributed by atoms with E-state index in [-0.39, 0.29) is 5.41 Å². The largest absolute Gasteiger partial charge is 0.508 e. The smallest absolute Gasteiger partial charge is 0.306 e. The van der Waals surface area contributed by atoms with E-state index in [1.165, 1.54) is 0 Å². The number of phenols is 1. The summed E-state index contributed by atoms with van der Waals surface area (Å²) in [5, 5.41) is 9.88. The quantitative estimate of drug-likeness (QED) is 0.738. The first-order chi connectivity index (χ1) is 12.0. The number of rotatable bonds is 6. The normalized spacial score (nSPS) is 12.2. The number of benzene rings is 2. The zero-order chi connectivity index (χ0) is 19.7. The summed E-state index contributed by atoms with van der Waals surface area (Å²) in [6.45, 7) is 9.94. The van der Waals surface area contributed by atoms with Gasteiger partial charge in [-0.2, -0.15) is 8.42 Å². The van der Waals surface area contributed by atoms with Gasteiger partial charge in [0.15, 0.2) is 0 Å². The summed E-state index contributed by atoms with van der Waals surface area (Å²) in [6.07, 6.45) is 2.83. The first-order valence-electron chi connectivity index (χ1n) is 8.85. The van der Waals surface area contributed by atoms with Gasteiger partial charge in [0.05, 0.1) is 6.26 Å². The van der Waals surface area contributed by atoms with Crippen molar-refractivity contribution in [3.8, 4) is 11.5 Å². The molecule has 0 aliphatic rings. The van der Waals surface area contributed by atoms with Crippen LogP contribution in [0.3, 0.4) is 0 Å². The Balaban J connectivity index is 2.66. The van der Waals surface area contributed by atoms with E-state index in [1.54, 1.807) is 6.07 Å². The van der Waals surface area contributed by atoms with Gasteiger partial charge in [0.1, 0.15) is 11.5 Å². The van der Waals surface area contributed by atoms with E-state index in [9.17, 15) is 13.5 Å². The Kier molecular flexibility index (Phi) is 5.71. The molecule has 0 aromatic heterocycles. The van der Waals surface area contributed by atoms with Crippen LogP contribution in [0.25, 0.3) is 0 Å². The SMILES string of the molecule is CCC(CC)(c1ccc(O)c(C)c1)c1cc(C)c(OS(C)(=O)=O)c(C)c1. The standard InChI is InChI=1S/C21H28O4S/c1-7-21(8-2,17-9-10-19(22)14(3)11-17)18-12-15(4)20(16(5)13-18)25-26(6,23)24/h9-13,22H,7-8H2,1-6H3. The predicted molar refractivity (Wildman–Crippen MR) is 106 cm³/mol. The highest BCUT2D eigenvalue weighted by Gasteiger charge is 2.32. The second-order valence-electron chi connectivity index (χ2n) is 7.02. The molecule has 0 unspecified atom stereocenters. The zero-order valence-corrected chi connectivity index (χ0v) is 17.2. The summed E-state index contributed by atoms with van der Waals surface area (Å²) in [6, 6.07) is 9.78. The fraction of sp³-hybridized carbons (Fsp3) is 0.429. The minimum atomic E-state index is -3.57. The average Bonchev–Trinajstić information content (AvgIpc) is 2.55. The van der Waals surface area contributed by atoms with Crippen LogP contribution in [0.4, 0.5) is 0 Å². The molecule has 0 saturated heterocycles. The van der Waals surface area contributed by atoms with Crippen molar-refractivity contribution in [2.45, 2.75) is 52.9 Å². The molecule has 0 spiro atoms. The lowest BCUT2D eigenvalue weighted by Gasteiger charge is -2.34. The molecule has 4 nitrogen and oxygen atoms in total. The summed E-state index contributed by atoms with van der Waals surface area (Å²) in [4.78, 5) is 0. The predicted octanol–water partition coefficient (Wildman–Crippen LogP) is 4.76. The van der Waals surface area contributed by atoms with Gasteiger partial charge in [-0.05, 0) is 67.5 Å². The molecule has 0 atom stereocenters. The second-order valence-corrected chi connectivity index (χ2v) is 8.59. The molecule has 0 saturated carbocycles. The van der Waals surface area contributed by atoms with Crippen molar-refractivity contribution in [3.63, 3.8) is 0 Å². The third-order valence-electron chi connectivity index (χ3n) is 5.20. The van der Waals surface area contributed by atoms with Crippen molar-refractivity contribution in [2.24, 2.45) is 0 Å². The Morgan fingerprint density at radius 2 is 1.42 bits per heavy atom. The van der Waals surface area contributed by atoms with E-state index < -0.39 is 10.1 Å². The highest BCUT2D eigenvalue weighted by molar-refractivity contribution is 7.86. The maximum absolute atomic E-state index is 11.5. The third-order valence-corrected chi connectivity index (χ3v) is 5.67. The van der Waals surface area contributed by atoms with Crippen LogP contribution in [-0.4, -0.2) is 19.8 Å².